The van der Waals surface area contributed by atoms with Crippen LogP contribution in [-0.4, -0.2) is 29.1 Å². The number of aromatic amines is 1. The highest BCUT2D eigenvalue weighted by Crippen LogP contribution is 2.46. The van der Waals surface area contributed by atoms with Gasteiger partial charge in [0.2, 0.25) is 6.79 Å². The predicted octanol–water partition coefficient (Wildman–Crippen LogP) is 3.21. The average Bonchev–Trinajstić information content (AvgIpc) is 3.12. The summed E-state index contributed by atoms with van der Waals surface area (Å²) in [7, 11) is 0. The quantitative estimate of drug-likeness (QED) is 0.804. The van der Waals surface area contributed by atoms with Crippen LogP contribution in [0.15, 0.2) is 18.2 Å². The molecule has 2 aromatic rings. The van der Waals surface area contributed by atoms with E-state index in [1.165, 1.54) is 0 Å². The van der Waals surface area contributed by atoms with Crippen molar-refractivity contribution in [3.63, 3.8) is 0 Å². The number of carbonyl (C=O) groups is 1. The lowest BCUT2D eigenvalue weighted by atomic mass is 10.1. The fourth-order valence-electron chi connectivity index (χ4n) is 2.81. The van der Waals surface area contributed by atoms with Crippen LogP contribution in [0, 0.1) is 0 Å². The van der Waals surface area contributed by atoms with Crippen LogP contribution in [0.2, 0.25) is 0 Å². The van der Waals surface area contributed by atoms with Gasteiger partial charge in [-0.25, -0.2) is 4.79 Å². The largest absolute Gasteiger partial charge is 0.454 e. The first-order chi connectivity index (χ1) is 11.6. The van der Waals surface area contributed by atoms with Crippen LogP contribution in [-0.2, 0) is 0 Å². The molecule has 1 aliphatic carbocycles. The summed E-state index contributed by atoms with van der Waals surface area (Å²) < 4.78 is 10.8. The highest BCUT2D eigenvalue weighted by atomic mass is 16.7. The van der Waals surface area contributed by atoms with E-state index < -0.39 is 0 Å². The summed E-state index contributed by atoms with van der Waals surface area (Å²) in [5.74, 6) is 1.86. The predicted molar refractivity (Wildman–Crippen MR) is 89.4 cm³/mol. The molecule has 0 atom stereocenters. The molecule has 1 aliphatic heterocycles. The Hall–Kier alpha value is -2.70. The van der Waals surface area contributed by atoms with Crippen molar-refractivity contribution in [2.24, 2.45) is 0 Å². The Labute approximate surface area is 139 Å². The molecule has 0 unspecified atom stereocenters. The molecule has 0 bridgehead atoms. The SMILES string of the molecule is CC(C)NC(=O)Nc1c(-c2ccc3c(c2)OCO3)n[nH]c1C1CC1. The second-order valence-corrected chi connectivity index (χ2v) is 6.46. The average molecular weight is 328 g/mol. The minimum atomic E-state index is -0.227. The number of fused-ring (bicyclic) bond motifs is 1. The Kier molecular flexibility index (Phi) is 3.55. The van der Waals surface area contributed by atoms with Gasteiger partial charge in [-0.15, -0.1) is 0 Å². The van der Waals surface area contributed by atoms with Gasteiger partial charge in [0.15, 0.2) is 11.5 Å². The third-order valence-corrected chi connectivity index (χ3v) is 4.08. The van der Waals surface area contributed by atoms with Crippen LogP contribution >= 0.6 is 0 Å². The number of hydrogen-bond donors (Lipinski definition) is 3. The van der Waals surface area contributed by atoms with Crippen LogP contribution < -0.4 is 20.1 Å². The van der Waals surface area contributed by atoms with E-state index in [0.717, 1.165) is 35.5 Å². The maximum absolute atomic E-state index is 12.2. The summed E-state index contributed by atoms with van der Waals surface area (Å²) in [6, 6.07) is 5.51. The van der Waals surface area contributed by atoms with Crippen molar-refractivity contribution < 1.29 is 14.3 Å². The zero-order valence-corrected chi connectivity index (χ0v) is 13.7. The van der Waals surface area contributed by atoms with Crippen LogP contribution in [0.3, 0.4) is 0 Å². The van der Waals surface area contributed by atoms with Gasteiger partial charge < -0.3 is 20.1 Å². The van der Waals surface area contributed by atoms with E-state index in [0.29, 0.717) is 17.4 Å². The molecule has 2 aliphatic rings. The molecule has 1 aromatic carbocycles. The van der Waals surface area contributed by atoms with Crippen LogP contribution in [0.1, 0.15) is 38.3 Å². The number of urea groups is 1. The lowest BCUT2D eigenvalue weighted by Crippen LogP contribution is -2.34. The second-order valence-electron chi connectivity index (χ2n) is 6.46. The summed E-state index contributed by atoms with van der Waals surface area (Å²) in [6.45, 7) is 4.08. The van der Waals surface area contributed by atoms with Gasteiger partial charge >= 0.3 is 6.03 Å². The molecule has 0 spiro atoms. The molecule has 4 rings (SSSR count). The number of rotatable bonds is 4. The number of ether oxygens (including phenoxy) is 2. The number of nitrogens with zero attached hydrogens (tertiary/aromatic N) is 1. The molecule has 7 nitrogen and oxygen atoms in total. The van der Waals surface area contributed by atoms with Gasteiger partial charge in [0.05, 0.1) is 11.4 Å². The molecular weight excluding hydrogens is 308 g/mol. The Morgan fingerprint density at radius 1 is 1.29 bits per heavy atom. The van der Waals surface area contributed by atoms with Crippen LogP contribution in [0.4, 0.5) is 10.5 Å². The number of nitrogens with one attached hydrogen (secondary N) is 3. The number of carbonyl (C=O) groups excluding carboxylic acids is 1. The van der Waals surface area contributed by atoms with E-state index in [1.54, 1.807) is 0 Å². The molecule has 0 saturated heterocycles. The van der Waals surface area contributed by atoms with E-state index in [2.05, 4.69) is 20.8 Å². The summed E-state index contributed by atoms with van der Waals surface area (Å²) in [4.78, 5) is 12.2. The monoisotopic (exact) mass is 328 g/mol. The second kappa shape index (κ2) is 5.74. The van der Waals surface area contributed by atoms with E-state index in [1.807, 2.05) is 32.0 Å². The highest BCUT2D eigenvalue weighted by Gasteiger charge is 2.31. The zero-order valence-electron chi connectivity index (χ0n) is 13.7. The topological polar surface area (TPSA) is 88.3 Å². The smallest absolute Gasteiger partial charge is 0.319 e. The van der Waals surface area contributed by atoms with Crippen molar-refractivity contribution in [3.8, 4) is 22.8 Å². The number of hydrogen-bond acceptors (Lipinski definition) is 4. The molecule has 1 saturated carbocycles. The number of anilines is 1. The van der Waals surface area contributed by atoms with Crippen molar-refractivity contribution in [2.75, 3.05) is 12.1 Å². The van der Waals surface area contributed by atoms with Crippen molar-refractivity contribution in [2.45, 2.75) is 38.6 Å². The lowest BCUT2D eigenvalue weighted by molar-refractivity contribution is 0.174. The Bertz CT molecular complexity index is 780. The van der Waals surface area contributed by atoms with Gasteiger partial charge in [-0.05, 0) is 44.9 Å². The van der Waals surface area contributed by atoms with Gasteiger partial charge in [-0.3, -0.25) is 5.10 Å². The molecule has 1 fully saturated rings. The summed E-state index contributed by atoms with van der Waals surface area (Å²) in [5.41, 5.74) is 3.33. The van der Waals surface area contributed by atoms with Crippen LogP contribution in [0.5, 0.6) is 11.5 Å². The van der Waals surface area contributed by atoms with E-state index >= 15 is 0 Å². The summed E-state index contributed by atoms with van der Waals surface area (Å²) in [6.07, 6.45) is 2.23. The first kappa shape index (κ1) is 14.9. The Balaban J connectivity index is 1.68. The van der Waals surface area contributed by atoms with Gasteiger partial charge in [0, 0.05) is 17.5 Å². The minimum Gasteiger partial charge on any atom is -0.454 e. The van der Waals surface area contributed by atoms with Crippen molar-refractivity contribution in [1.82, 2.24) is 15.5 Å². The van der Waals surface area contributed by atoms with Crippen molar-refractivity contribution >= 4 is 11.7 Å². The number of amides is 2. The van der Waals surface area contributed by atoms with E-state index in [-0.39, 0.29) is 18.9 Å². The molecule has 0 radical (unpaired) electrons. The van der Waals surface area contributed by atoms with E-state index in [9.17, 15) is 4.79 Å². The van der Waals surface area contributed by atoms with Crippen LogP contribution in [0.25, 0.3) is 11.3 Å². The molecule has 2 amide bonds. The first-order valence-electron chi connectivity index (χ1n) is 8.17. The number of aromatic nitrogens is 2. The standard InChI is InChI=1S/C17H20N4O3/c1-9(2)18-17(22)19-16-14(10-3-4-10)20-21-15(16)11-5-6-12-13(7-11)24-8-23-12/h5-7,9-10H,3-4,8H2,1-2H3,(H,20,21)(H2,18,19,22). The maximum Gasteiger partial charge on any atom is 0.319 e. The number of H-pyrrole nitrogens is 1. The Morgan fingerprint density at radius 2 is 2.08 bits per heavy atom. The maximum atomic E-state index is 12.2. The summed E-state index contributed by atoms with van der Waals surface area (Å²) in [5, 5.41) is 13.4. The fourth-order valence-corrected chi connectivity index (χ4v) is 2.81. The normalized spacial score (nSPS) is 15.6. The molecule has 7 heteroatoms. The van der Waals surface area contributed by atoms with Gasteiger partial charge in [0.1, 0.15) is 5.69 Å². The fraction of sp³-hybridized carbons (Fsp3) is 0.412. The Morgan fingerprint density at radius 3 is 2.83 bits per heavy atom. The first-order valence-corrected chi connectivity index (χ1v) is 8.17. The number of benzene rings is 1. The van der Waals surface area contributed by atoms with Gasteiger partial charge in [0.25, 0.3) is 0 Å². The molecule has 3 N–H and O–H groups in total. The molecular formula is C17H20N4O3. The highest BCUT2D eigenvalue weighted by molar-refractivity contribution is 5.95. The minimum absolute atomic E-state index is 0.0651. The van der Waals surface area contributed by atoms with Crippen molar-refractivity contribution in [1.29, 1.82) is 0 Å². The van der Waals surface area contributed by atoms with Crippen molar-refractivity contribution in [3.05, 3.63) is 23.9 Å². The van der Waals surface area contributed by atoms with E-state index in [4.69, 9.17) is 9.47 Å². The van der Waals surface area contributed by atoms with Gasteiger partial charge in [-0.1, -0.05) is 0 Å². The molecule has 1 aromatic heterocycles. The molecule has 24 heavy (non-hydrogen) atoms. The molecule has 126 valence electrons. The third-order valence-electron chi connectivity index (χ3n) is 4.08. The third kappa shape index (κ3) is 2.77. The summed E-state index contributed by atoms with van der Waals surface area (Å²) >= 11 is 0. The van der Waals surface area contributed by atoms with Gasteiger partial charge in [-0.2, -0.15) is 5.10 Å². The lowest BCUT2D eigenvalue weighted by Gasteiger charge is -2.12. The zero-order chi connectivity index (χ0) is 16.7. The molecule has 2 heterocycles.